The zero-order valence-corrected chi connectivity index (χ0v) is 8.46. The lowest BCUT2D eigenvalue weighted by molar-refractivity contribution is -0.112. The smallest absolute Gasteiger partial charge is 0.251 e. The maximum atomic E-state index is 11.3. The SMILES string of the molecule is NC(=O)C(=Cc1ccccc1)c1ccon1. The van der Waals surface area contributed by atoms with Crippen molar-refractivity contribution in [3.8, 4) is 0 Å². The van der Waals surface area contributed by atoms with Gasteiger partial charge in [0.05, 0.1) is 5.57 Å². The molecule has 0 aliphatic rings. The van der Waals surface area contributed by atoms with E-state index in [-0.39, 0.29) is 0 Å². The molecule has 2 aromatic rings. The third-order valence-electron chi connectivity index (χ3n) is 2.09. The topological polar surface area (TPSA) is 69.1 Å². The van der Waals surface area contributed by atoms with Crippen LogP contribution in [0, 0.1) is 0 Å². The Labute approximate surface area is 92.4 Å². The Kier molecular flexibility index (Phi) is 2.82. The van der Waals surface area contributed by atoms with Gasteiger partial charge in [0, 0.05) is 6.07 Å². The molecule has 1 aromatic heterocycles. The summed E-state index contributed by atoms with van der Waals surface area (Å²) in [7, 11) is 0. The molecule has 1 aromatic carbocycles. The van der Waals surface area contributed by atoms with Crippen LogP contribution in [0.25, 0.3) is 11.6 Å². The molecule has 0 aliphatic carbocycles. The predicted octanol–water partition coefficient (Wildman–Crippen LogP) is 1.70. The van der Waals surface area contributed by atoms with Gasteiger partial charge in [-0.15, -0.1) is 0 Å². The van der Waals surface area contributed by atoms with Gasteiger partial charge in [0.2, 0.25) is 0 Å². The fourth-order valence-corrected chi connectivity index (χ4v) is 1.34. The molecule has 2 rings (SSSR count). The molecule has 0 atom stereocenters. The minimum absolute atomic E-state index is 0.333. The second kappa shape index (κ2) is 4.44. The van der Waals surface area contributed by atoms with Gasteiger partial charge in [0.15, 0.2) is 0 Å². The first-order valence-corrected chi connectivity index (χ1v) is 4.74. The van der Waals surface area contributed by atoms with Gasteiger partial charge >= 0.3 is 0 Å². The van der Waals surface area contributed by atoms with Crippen molar-refractivity contribution in [2.45, 2.75) is 0 Å². The van der Waals surface area contributed by atoms with E-state index in [0.717, 1.165) is 5.56 Å². The Morgan fingerprint density at radius 2 is 2.00 bits per heavy atom. The second-order valence-electron chi connectivity index (χ2n) is 3.22. The molecule has 0 radical (unpaired) electrons. The summed E-state index contributed by atoms with van der Waals surface area (Å²) < 4.78 is 4.68. The number of hydrogen-bond donors (Lipinski definition) is 1. The summed E-state index contributed by atoms with van der Waals surface area (Å²) in [6.45, 7) is 0. The zero-order valence-electron chi connectivity index (χ0n) is 8.46. The summed E-state index contributed by atoms with van der Waals surface area (Å²) in [5.74, 6) is -0.530. The van der Waals surface area contributed by atoms with Crippen LogP contribution >= 0.6 is 0 Å². The molecular formula is C12H10N2O2. The lowest BCUT2D eigenvalue weighted by atomic mass is 10.1. The zero-order chi connectivity index (χ0) is 11.4. The third-order valence-corrected chi connectivity index (χ3v) is 2.09. The van der Waals surface area contributed by atoms with Gasteiger partial charge in [-0.2, -0.15) is 0 Å². The molecule has 1 amide bonds. The van der Waals surface area contributed by atoms with Gasteiger partial charge in [0.1, 0.15) is 12.0 Å². The molecule has 0 saturated heterocycles. The van der Waals surface area contributed by atoms with Crippen molar-refractivity contribution in [2.24, 2.45) is 5.73 Å². The quantitative estimate of drug-likeness (QED) is 0.790. The predicted molar refractivity (Wildman–Crippen MR) is 60.0 cm³/mol. The molecule has 4 nitrogen and oxygen atoms in total. The van der Waals surface area contributed by atoms with Crippen molar-refractivity contribution in [1.82, 2.24) is 5.16 Å². The number of benzene rings is 1. The highest BCUT2D eigenvalue weighted by Gasteiger charge is 2.10. The summed E-state index contributed by atoms with van der Waals surface area (Å²) in [6, 6.07) is 11.0. The fourth-order valence-electron chi connectivity index (χ4n) is 1.34. The Morgan fingerprint density at radius 3 is 2.56 bits per heavy atom. The first-order valence-electron chi connectivity index (χ1n) is 4.74. The van der Waals surface area contributed by atoms with Gasteiger partial charge < -0.3 is 10.3 Å². The van der Waals surface area contributed by atoms with Crippen LogP contribution < -0.4 is 5.73 Å². The van der Waals surface area contributed by atoms with E-state index in [4.69, 9.17) is 5.73 Å². The minimum atomic E-state index is -0.530. The number of rotatable bonds is 3. The van der Waals surface area contributed by atoms with Crippen LogP contribution in [0.3, 0.4) is 0 Å². The van der Waals surface area contributed by atoms with E-state index in [1.54, 1.807) is 12.1 Å². The number of carbonyl (C=O) groups excluding carboxylic acids is 1. The van der Waals surface area contributed by atoms with E-state index >= 15 is 0 Å². The number of primary amides is 1. The molecule has 16 heavy (non-hydrogen) atoms. The van der Waals surface area contributed by atoms with Crippen LogP contribution in [0.2, 0.25) is 0 Å². The van der Waals surface area contributed by atoms with E-state index in [0.29, 0.717) is 11.3 Å². The Morgan fingerprint density at radius 1 is 1.25 bits per heavy atom. The molecule has 0 spiro atoms. The highest BCUT2D eigenvalue weighted by molar-refractivity contribution is 6.22. The Bertz CT molecular complexity index is 501. The Hall–Kier alpha value is -2.36. The Balaban J connectivity index is 2.42. The summed E-state index contributed by atoms with van der Waals surface area (Å²) in [6.07, 6.45) is 3.08. The lowest BCUT2D eigenvalue weighted by Crippen LogP contribution is -2.13. The first-order chi connectivity index (χ1) is 7.77. The van der Waals surface area contributed by atoms with E-state index < -0.39 is 5.91 Å². The van der Waals surface area contributed by atoms with Gasteiger partial charge in [-0.1, -0.05) is 35.5 Å². The molecule has 4 heteroatoms. The maximum Gasteiger partial charge on any atom is 0.251 e. The number of aromatic nitrogens is 1. The fraction of sp³-hybridized carbons (Fsp3) is 0. The molecule has 0 saturated carbocycles. The summed E-state index contributed by atoms with van der Waals surface area (Å²) in [4.78, 5) is 11.3. The lowest BCUT2D eigenvalue weighted by Gasteiger charge is -1.98. The number of nitrogens with zero attached hydrogens (tertiary/aromatic N) is 1. The largest absolute Gasteiger partial charge is 0.366 e. The van der Waals surface area contributed by atoms with Crippen molar-refractivity contribution >= 4 is 17.6 Å². The van der Waals surface area contributed by atoms with Gasteiger partial charge in [-0.25, -0.2) is 0 Å². The van der Waals surface area contributed by atoms with Crippen molar-refractivity contribution in [3.05, 3.63) is 53.9 Å². The number of hydrogen-bond acceptors (Lipinski definition) is 3. The molecule has 0 bridgehead atoms. The van der Waals surface area contributed by atoms with E-state index in [9.17, 15) is 4.79 Å². The third kappa shape index (κ3) is 2.17. The van der Waals surface area contributed by atoms with Gasteiger partial charge in [0.25, 0.3) is 5.91 Å². The van der Waals surface area contributed by atoms with Crippen LogP contribution in [0.5, 0.6) is 0 Å². The monoisotopic (exact) mass is 214 g/mol. The normalized spacial score (nSPS) is 11.4. The van der Waals surface area contributed by atoms with Crippen molar-refractivity contribution in [3.63, 3.8) is 0 Å². The first kappa shape index (κ1) is 10.2. The molecule has 0 unspecified atom stereocenters. The summed E-state index contributed by atoms with van der Waals surface area (Å²) in [5, 5.41) is 3.69. The highest BCUT2D eigenvalue weighted by Crippen LogP contribution is 2.15. The maximum absolute atomic E-state index is 11.3. The second-order valence-corrected chi connectivity index (χ2v) is 3.22. The molecule has 1 heterocycles. The number of nitrogens with two attached hydrogens (primary N) is 1. The summed E-state index contributed by atoms with van der Waals surface area (Å²) in [5.41, 5.74) is 6.95. The van der Waals surface area contributed by atoms with Crippen LogP contribution in [0.1, 0.15) is 11.3 Å². The number of amides is 1. The molecule has 80 valence electrons. The van der Waals surface area contributed by atoms with Crippen molar-refractivity contribution in [1.29, 1.82) is 0 Å². The standard InChI is InChI=1S/C12H10N2O2/c13-12(15)10(11-6-7-16-14-11)8-9-4-2-1-3-5-9/h1-8H,(H2,13,15). The van der Waals surface area contributed by atoms with Crippen LogP contribution in [0.4, 0.5) is 0 Å². The average molecular weight is 214 g/mol. The molecule has 0 aliphatic heterocycles. The van der Waals surface area contributed by atoms with E-state index in [2.05, 4.69) is 9.68 Å². The molecule has 0 fully saturated rings. The summed E-state index contributed by atoms with van der Waals surface area (Å²) >= 11 is 0. The van der Waals surface area contributed by atoms with E-state index in [1.807, 2.05) is 30.3 Å². The van der Waals surface area contributed by atoms with Crippen molar-refractivity contribution in [2.75, 3.05) is 0 Å². The minimum Gasteiger partial charge on any atom is -0.366 e. The van der Waals surface area contributed by atoms with Crippen LogP contribution in [-0.2, 0) is 4.79 Å². The van der Waals surface area contributed by atoms with Crippen LogP contribution in [0.15, 0.2) is 47.2 Å². The van der Waals surface area contributed by atoms with Gasteiger partial charge in [-0.05, 0) is 11.6 Å². The average Bonchev–Trinajstić information content (AvgIpc) is 2.80. The number of carbonyl (C=O) groups is 1. The van der Waals surface area contributed by atoms with Crippen LogP contribution in [-0.4, -0.2) is 11.1 Å². The molecular weight excluding hydrogens is 204 g/mol. The van der Waals surface area contributed by atoms with Crippen molar-refractivity contribution < 1.29 is 9.32 Å². The van der Waals surface area contributed by atoms with E-state index in [1.165, 1.54) is 6.26 Å². The highest BCUT2D eigenvalue weighted by atomic mass is 16.5. The molecule has 2 N–H and O–H groups in total. The van der Waals surface area contributed by atoms with Gasteiger partial charge in [-0.3, -0.25) is 4.79 Å².